The van der Waals surface area contributed by atoms with E-state index < -0.39 is 6.04 Å². The first kappa shape index (κ1) is 15.0. The van der Waals surface area contributed by atoms with Gasteiger partial charge in [-0.1, -0.05) is 24.3 Å². The average Bonchev–Trinajstić information content (AvgIpc) is 3.30. The third-order valence-electron chi connectivity index (χ3n) is 4.67. The van der Waals surface area contributed by atoms with Gasteiger partial charge in [0.25, 0.3) is 0 Å². The first-order chi connectivity index (χ1) is 10.5. The van der Waals surface area contributed by atoms with E-state index in [4.69, 9.17) is 5.73 Å². The summed E-state index contributed by atoms with van der Waals surface area (Å²) in [4.78, 5) is 27.9. The molecule has 5 heteroatoms. The lowest BCUT2D eigenvalue weighted by molar-refractivity contribution is -0.134. The maximum Gasteiger partial charge on any atom is 0.236 e. The van der Waals surface area contributed by atoms with Crippen molar-refractivity contribution in [1.29, 1.82) is 0 Å². The predicted octanol–water partition coefficient (Wildman–Crippen LogP) is 0.767. The third kappa shape index (κ3) is 3.30. The molecule has 118 valence electrons. The van der Waals surface area contributed by atoms with E-state index in [1.54, 1.807) is 4.90 Å². The van der Waals surface area contributed by atoms with Gasteiger partial charge in [-0.15, -0.1) is 0 Å². The van der Waals surface area contributed by atoms with Crippen LogP contribution in [-0.4, -0.2) is 47.8 Å². The van der Waals surface area contributed by atoms with Gasteiger partial charge in [0.2, 0.25) is 11.8 Å². The van der Waals surface area contributed by atoms with E-state index >= 15 is 0 Å². The van der Waals surface area contributed by atoms with Crippen LogP contribution in [0.25, 0.3) is 0 Å². The van der Waals surface area contributed by atoms with Crippen LogP contribution in [0.1, 0.15) is 24.0 Å². The summed E-state index contributed by atoms with van der Waals surface area (Å²) in [7, 11) is 1.85. The van der Waals surface area contributed by atoms with Gasteiger partial charge in [-0.05, 0) is 36.3 Å². The van der Waals surface area contributed by atoms with Gasteiger partial charge in [-0.25, -0.2) is 0 Å². The molecule has 0 saturated heterocycles. The maximum atomic E-state index is 12.4. The van der Waals surface area contributed by atoms with Crippen molar-refractivity contribution < 1.29 is 9.59 Å². The Hall–Kier alpha value is -1.88. The van der Waals surface area contributed by atoms with Crippen molar-refractivity contribution >= 4 is 11.8 Å². The number of nitrogens with zero attached hydrogens (tertiary/aromatic N) is 2. The zero-order valence-corrected chi connectivity index (χ0v) is 13.0. The van der Waals surface area contributed by atoms with Crippen LogP contribution >= 0.6 is 0 Å². The molecule has 2 N–H and O–H groups in total. The highest BCUT2D eigenvalue weighted by Gasteiger charge is 2.32. The Morgan fingerprint density at radius 3 is 2.59 bits per heavy atom. The monoisotopic (exact) mass is 301 g/mol. The van der Waals surface area contributed by atoms with Crippen molar-refractivity contribution in [3.8, 4) is 0 Å². The minimum atomic E-state index is -0.395. The molecule has 1 saturated carbocycles. The van der Waals surface area contributed by atoms with Gasteiger partial charge < -0.3 is 10.6 Å². The van der Waals surface area contributed by atoms with E-state index in [1.807, 2.05) is 30.1 Å². The highest BCUT2D eigenvalue weighted by atomic mass is 16.2. The first-order valence-electron chi connectivity index (χ1n) is 7.88. The smallest absolute Gasteiger partial charge is 0.236 e. The normalized spacial score (nSPS) is 21.2. The molecule has 0 unspecified atom stereocenters. The lowest BCUT2D eigenvalue weighted by Crippen LogP contribution is -2.52. The second-order valence-corrected chi connectivity index (χ2v) is 6.51. The summed E-state index contributed by atoms with van der Waals surface area (Å²) in [5.41, 5.74) is 7.88. The van der Waals surface area contributed by atoms with Gasteiger partial charge in [-0.3, -0.25) is 14.5 Å². The van der Waals surface area contributed by atoms with Crippen LogP contribution in [0.15, 0.2) is 24.3 Å². The highest BCUT2D eigenvalue weighted by Crippen LogP contribution is 2.29. The van der Waals surface area contributed by atoms with Gasteiger partial charge in [0.05, 0.1) is 12.6 Å². The number of rotatable bonds is 5. The molecule has 3 rings (SSSR count). The summed E-state index contributed by atoms with van der Waals surface area (Å²) in [6.07, 6.45) is 3.03. The number of hydrogen-bond donors (Lipinski definition) is 1. The van der Waals surface area contributed by atoms with E-state index in [1.165, 1.54) is 18.4 Å². The zero-order chi connectivity index (χ0) is 15.7. The molecule has 2 amide bonds. The number of benzene rings is 1. The Kier molecular flexibility index (Phi) is 4.16. The number of carbonyl (C=O) groups excluding carboxylic acids is 2. The van der Waals surface area contributed by atoms with Crippen molar-refractivity contribution in [3.05, 3.63) is 35.4 Å². The van der Waals surface area contributed by atoms with E-state index in [9.17, 15) is 9.59 Å². The fraction of sp³-hybridized carbons (Fsp3) is 0.529. The number of likely N-dealkylation sites (N-methyl/N-ethyl adjacent to an activating group) is 1. The Labute approximate surface area is 131 Å². The van der Waals surface area contributed by atoms with Crippen LogP contribution in [0.5, 0.6) is 0 Å². The van der Waals surface area contributed by atoms with Crippen LogP contribution < -0.4 is 5.73 Å². The Morgan fingerprint density at radius 2 is 1.95 bits per heavy atom. The summed E-state index contributed by atoms with van der Waals surface area (Å²) >= 11 is 0. The number of hydrogen-bond acceptors (Lipinski definition) is 3. The molecule has 0 spiro atoms. The van der Waals surface area contributed by atoms with E-state index in [2.05, 4.69) is 6.07 Å². The van der Waals surface area contributed by atoms with Gasteiger partial charge in [0.1, 0.15) is 0 Å². The maximum absolute atomic E-state index is 12.4. The molecule has 1 fully saturated rings. The molecule has 0 radical (unpaired) electrons. The SMILES string of the molecule is CN(CC1CC1)C(=O)CN1Cc2ccccc2C[C@H]1C(N)=O. The van der Waals surface area contributed by atoms with Gasteiger partial charge in [0, 0.05) is 20.1 Å². The molecule has 1 aromatic rings. The van der Waals surface area contributed by atoms with Crippen LogP contribution in [-0.2, 0) is 22.6 Å². The number of carbonyl (C=O) groups is 2. The van der Waals surface area contributed by atoms with Gasteiger partial charge in [-0.2, -0.15) is 0 Å². The van der Waals surface area contributed by atoms with Crippen molar-refractivity contribution in [2.45, 2.75) is 31.8 Å². The average molecular weight is 301 g/mol. The molecule has 0 aromatic heterocycles. The predicted molar refractivity (Wildman–Crippen MR) is 83.9 cm³/mol. The molecular weight excluding hydrogens is 278 g/mol. The summed E-state index contributed by atoms with van der Waals surface area (Å²) in [6, 6.07) is 7.65. The minimum Gasteiger partial charge on any atom is -0.368 e. The fourth-order valence-corrected chi connectivity index (χ4v) is 3.11. The summed E-state index contributed by atoms with van der Waals surface area (Å²) in [5.74, 6) is 0.382. The Morgan fingerprint density at radius 1 is 1.27 bits per heavy atom. The lowest BCUT2D eigenvalue weighted by atomic mass is 9.93. The molecular formula is C17H23N3O2. The van der Waals surface area contributed by atoms with Gasteiger partial charge in [0.15, 0.2) is 0 Å². The molecule has 1 aliphatic heterocycles. The molecule has 5 nitrogen and oxygen atoms in total. The number of nitrogens with two attached hydrogens (primary N) is 1. The van der Waals surface area contributed by atoms with Crippen molar-refractivity contribution in [1.82, 2.24) is 9.80 Å². The van der Waals surface area contributed by atoms with Crippen LogP contribution in [0, 0.1) is 5.92 Å². The highest BCUT2D eigenvalue weighted by molar-refractivity contribution is 5.83. The second-order valence-electron chi connectivity index (χ2n) is 6.51. The minimum absolute atomic E-state index is 0.0672. The molecule has 2 aliphatic rings. The van der Waals surface area contributed by atoms with E-state index in [-0.39, 0.29) is 18.4 Å². The fourth-order valence-electron chi connectivity index (χ4n) is 3.11. The first-order valence-corrected chi connectivity index (χ1v) is 7.88. The summed E-state index contributed by atoms with van der Waals surface area (Å²) in [6.45, 7) is 1.68. The van der Waals surface area contributed by atoms with E-state index in [0.29, 0.717) is 18.9 Å². The second kappa shape index (κ2) is 6.08. The van der Waals surface area contributed by atoms with Crippen LogP contribution in [0.4, 0.5) is 0 Å². The van der Waals surface area contributed by atoms with Crippen LogP contribution in [0.3, 0.4) is 0 Å². The number of fused-ring (bicyclic) bond motifs is 1. The number of primary amides is 1. The molecule has 0 bridgehead atoms. The molecule has 1 atom stereocenters. The standard InChI is InChI=1S/C17H23N3O2/c1-19(9-12-6-7-12)16(21)11-20-10-14-5-3-2-4-13(14)8-15(20)17(18)22/h2-5,12,15H,6-11H2,1H3,(H2,18,22)/t15-/m0/s1. The molecule has 1 aromatic carbocycles. The quantitative estimate of drug-likeness (QED) is 0.873. The van der Waals surface area contributed by atoms with E-state index in [0.717, 1.165) is 12.1 Å². The lowest BCUT2D eigenvalue weighted by Gasteiger charge is -2.35. The number of amides is 2. The van der Waals surface area contributed by atoms with Crippen molar-refractivity contribution in [3.63, 3.8) is 0 Å². The Bertz CT molecular complexity index is 583. The van der Waals surface area contributed by atoms with Crippen LogP contribution in [0.2, 0.25) is 0 Å². The molecule has 1 heterocycles. The summed E-state index contributed by atoms with van der Waals surface area (Å²) in [5, 5.41) is 0. The van der Waals surface area contributed by atoms with Crippen molar-refractivity contribution in [2.24, 2.45) is 11.7 Å². The molecule has 1 aliphatic carbocycles. The summed E-state index contributed by atoms with van der Waals surface area (Å²) < 4.78 is 0. The third-order valence-corrected chi connectivity index (χ3v) is 4.67. The Balaban J connectivity index is 1.70. The topological polar surface area (TPSA) is 66.6 Å². The molecule has 22 heavy (non-hydrogen) atoms. The largest absolute Gasteiger partial charge is 0.368 e. The zero-order valence-electron chi connectivity index (χ0n) is 13.0. The van der Waals surface area contributed by atoms with Crippen molar-refractivity contribution in [2.75, 3.05) is 20.1 Å². The van der Waals surface area contributed by atoms with Gasteiger partial charge >= 0.3 is 0 Å².